The third-order valence-electron chi connectivity index (χ3n) is 4.09. The monoisotopic (exact) mass is 267 g/mol. The van der Waals surface area contributed by atoms with E-state index < -0.39 is 6.10 Å². The average Bonchev–Trinajstić information content (AvgIpc) is 2.42. The van der Waals surface area contributed by atoms with E-state index >= 15 is 0 Å². The molecule has 0 aromatic heterocycles. The van der Waals surface area contributed by atoms with Gasteiger partial charge in [-0.05, 0) is 31.0 Å². The van der Waals surface area contributed by atoms with E-state index in [9.17, 15) is 9.50 Å². The first kappa shape index (κ1) is 14.4. The number of aliphatic hydroxyl groups excluding tert-OH is 1. The molecule has 1 aliphatic rings. The molecule has 3 nitrogen and oxygen atoms in total. The first-order valence-corrected chi connectivity index (χ1v) is 6.81. The maximum absolute atomic E-state index is 12.9. The molecule has 19 heavy (non-hydrogen) atoms. The van der Waals surface area contributed by atoms with Gasteiger partial charge in [-0.1, -0.05) is 19.1 Å². The van der Waals surface area contributed by atoms with Crippen LogP contribution in [-0.2, 0) is 4.74 Å². The van der Waals surface area contributed by atoms with Crippen molar-refractivity contribution in [3.05, 3.63) is 35.6 Å². The Morgan fingerprint density at radius 3 is 2.74 bits per heavy atom. The molecule has 0 aliphatic carbocycles. The fourth-order valence-corrected chi connectivity index (χ4v) is 2.46. The normalized spacial score (nSPS) is 26.3. The van der Waals surface area contributed by atoms with Crippen LogP contribution in [0.3, 0.4) is 0 Å². The Labute approximate surface area is 114 Å². The van der Waals surface area contributed by atoms with Gasteiger partial charge in [-0.25, -0.2) is 4.39 Å². The molecule has 1 heterocycles. The van der Waals surface area contributed by atoms with Gasteiger partial charge in [-0.2, -0.15) is 0 Å². The second-order valence-electron chi connectivity index (χ2n) is 5.42. The summed E-state index contributed by atoms with van der Waals surface area (Å²) in [6.45, 7) is 7.06. The largest absolute Gasteiger partial charge is 0.387 e. The predicted octanol–water partition coefficient (Wildman–Crippen LogP) is 2.36. The summed E-state index contributed by atoms with van der Waals surface area (Å²) in [4.78, 5) is 2.27. The quantitative estimate of drug-likeness (QED) is 0.909. The molecule has 0 amide bonds. The molecule has 106 valence electrons. The van der Waals surface area contributed by atoms with Crippen LogP contribution < -0.4 is 0 Å². The summed E-state index contributed by atoms with van der Waals surface area (Å²) < 4.78 is 18.4. The standard InChI is InChI=1S/C15H22FNO2/c1-3-15(2)11-19-9-8-17(15)10-14(18)12-4-6-13(16)7-5-12/h4-7,14,18H,3,8-11H2,1-2H3/t14-,15+/m1/s1. The number of nitrogens with zero attached hydrogens (tertiary/aromatic N) is 1. The number of ether oxygens (including phenoxy) is 1. The molecular weight excluding hydrogens is 245 g/mol. The minimum absolute atomic E-state index is 0.0285. The molecule has 0 bridgehead atoms. The van der Waals surface area contributed by atoms with E-state index in [4.69, 9.17) is 4.74 Å². The van der Waals surface area contributed by atoms with E-state index in [0.717, 1.165) is 18.5 Å². The molecule has 2 rings (SSSR count). The van der Waals surface area contributed by atoms with Gasteiger partial charge in [0.15, 0.2) is 0 Å². The van der Waals surface area contributed by atoms with Gasteiger partial charge in [0, 0.05) is 18.6 Å². The zero-order valence-corrected chi connectivity index (χ0v) is 11.6. The zero-order valence-electron chi connectivity index (χ0n) is 11.6. The molecule has 2 atom stereocenters. The highest BCUT2D eigenvalue weighted by atomic mass is 19.1. The van der Waals surface area contributed by atoms with E-state index in [1.807, 2.05) is 0 Å². The number of β-amino-alcohol motifs (C(OH)–C–C–N with tert-alkyl or cyclic N) is 1. The van der Waals surface area contributed by atoms with Crippen LogP contribution in [0.2, 0.25) is 0 Å². The lowest BCUT2D eigenvalue weighted by Crippen LogP contribution is -2.55. The maximum atomic E-state index is 12.9. The van der Waals surface area contributed by atoms with Crippen LogP contribution in [0, 0.1) is 5.82 Å². The Morgan fingerprint density at radius 2 is 2.11 bits per heavy atom. The summed E-state index contributed by atoms with van der Waals surface area (Å²) in [7, 11) is 0. The van der Waals surface area contributed by atoms with Gasteiger partial charge < -0.3 is 9.84 Å². The van der Waals surface area contributed by atoms with Crippen LogP contribution in [0.15, 0.2) is 24.3 Å². The number of benzene rings is 1. The molecule has 1 aromatic carbocycles. The number of morpholine rings is 1. The van der Waals surface area contributed by atoms with Crippen molar-refractivity contribution in [2.75, 3.05) is 26.3 Å². The third-order valence-corrected chi connectivity index (χ3v) is 4.09. The Bertz CT molecular complexity index is 409. The van der Waals surface area contributed by atoms with Crippen LogP contribution in [0.25, 0.3) is 0 Å². The molecule has 1 saturated heterocycles. The highest BCUT2D eigenvalue weighted by Crippen LogP contribution is 2.26. The highest BCUT2D eigenvalue weighted by Gasteiger charge is 2.34. The van der Waals surface area contributed by atoms with Gasteiger partial charge in [-0.15, -0.1) is 0 Å². The van der Waals surface area contributed by atoms with Crippen LogP contribution in [0.4, 0.5) is 4.39 Å². The van der Waals surface area contributed by atoms with Crippen LogP contribution >= 0.6 is 0 Å². The first-order chi connectivity index (χ1) is 9.05. The van der Waals surface area contributed by atoms with Crippen molar-refractivity contribution < 1.29 is 14.2 Å². The average molecular weight is 267 g/mol. The molecule has 0 radical (unpaired) electrons. The van der Waals surface area contributed by atoms with Gasteiger partial charge >= 0.3 is 0 Å². The van der Waals surface area contributed by atoms with E-state index in [2.05, 4.69) is 18.7 Å². The minimum atomic E-state index is -0.593. The molecule has 1 aliphatic heterocycles. The lowest BCUT2D eigenvalue weighted by molar-refractivity contribution is -0.0767. The van der Waals surface area contributed by atoms with Gasteiger partial charge in [0.2, 0.25) is 0 Å². The van der Waals surface area contributed by atoms with Gasteiger partial charge in [0.1, 0.15) is 5.82 Å². The van der Waals surface area contributed by atoms with Crippen molar-refractivity contribution in [2.45, 2.75) is 31.9 Å². The van der Waals surface area contributed by atoms with Crippen molar-refractivity contribution in [3.63, 3.8) is 0 Å². The fourth-order valence-electron chi connectivity index (χ4n) is 2.46. The van der Waals surface area contributed by atoms with Gasteiger partial charge in [0.25, 0.3) is 0 Å². The van der Waals surface area contributed by atoms with E-state index in [-0.39, 0.29) is 11.4 Å². The molecule has 1 fully saturated rings. The number of aliphatic hydroxyl groups is 1. The lowest BCUT2D eigenvalue weighted by atomic mass is 9.95. The minimum Gasteiger partial charge on any atom is -0.387 e. The molecular formula is C15H22FNO2. The number of rotatable bonds is 4. The number of halogens is 1. The number of hydrogen-bond acceptors (Lipinski definition) is 3. The predicted molar refractivity (Wildman–Crippen MR) is 72.4 cm³/mol. The van der Waals surface area contributed by atoms with Gasteiger partial charge in [0.05, 0.1) is 19.3 Å². The topological polar surface area (TPSA) is 32.7 Å². The van der Waals surface area contributed by atoms with Crippen molar-refractivity contribution in [3.8, 4) is 0 Å². The zero-order chi connectivity index (χ0) is 13.9. The Hall–Kier alpha value is -0.970. The van der Waals surface area contributed by atoms with Gasteiger partial charge in [-0.3, -0.25) is 4.90 Å². The van der Waals surface area contributed by atoms with E-state index in [0.29, 0.717) is 19.8 Å². The molecule has 0 spiro atoms. The molecule has 0 saturated carbocycles. The van der Waals surface area contributed by atoms with Crippen LogP contribution in [0.5, 0.6) is 0 Å². The van der Waals surface area contributed by atoms with E-state index in [1.54, 1.807) is 12.1 Å². The summed E-state index contributed by atoms with van der Waals surface area (Å²) in [5.74, 6) is -0.277. The SMILES string of the molecule is CC[C@@]1(C)COCCN1C[C@@H](O)c1ccc(F)cc1. The summed E-state index contributed by atoms with van der Waals surface area (Å²) in [6, 6.07) is 6.06. The highest BCUT2D eigenvalue weighted by molar-refractivity contribution is 5.19. The summed E-state index contributed by atoms with van der Waals surface area (Å²) in [5, 5.41) is 10.3. The Morgan fingerprint density at radius 1 is 1.42 bits per heavy atom. The lowest BCUT2D eigenvalue weighted by Gasteiger charge is -2.45. The first-order valence-electron chi connectivity index (χ1n) is 6.81. The number of hydrogen-bond donors (Lipinski definition) is 1. The van der Waals surface area contributed by atoms with Crippen LogP contribution in [-0.4, -0.2) is 41.8 Å². The van der Waals surface area contributed by atoms with Crippen molar-refractivity contribution in [1.29, 1.82) is 0 Å². The second-order valence-corrected chi connectivity index (χ2v) is 5.42. The van der Waals surface area contributed by atoms with Crippen molar-refractivity contribution in [1.82, 2.24) is 4.90 Å². The van der Waals surface area contributed by atoms with E-state index in [1.165, 1.54) is 12.1 Å². The van der Waals surface area contributed by atoms with Crippen molar-refractivity contribution in [2.24, 2.45) is 0 Å². The third kappa shape index (κ3) is 3.32. The fraction of sp³-hybridized carbons (Fsp3) is 0.600. The Balaban J connectivity index is 2.04. The van der Waals surface area contributed by atoms with Crippen molar-refractivity contribution >= 4 is 0 Å². The summed E-state index contributed by atoms with van der Waals surface area (Å²) >= 11 is 0. The molecule has 4 heteroatoms. The molecule has 0 unspecified atom stereocenters. The summed E-state index contributed by atoms with van der Waals surface area (Å²) in [6.07, 6.45) is 0.382. The molecule has 1 N–H and O–H groups in total. The molecule has 1 aromatic rings. The van der Waals surface area contributed by atoms with Crippen LogP contribution in [0.1, 0.15) is 31.9 Å². The smallest absolute Gasteiger partial charge is 0.123 e. The maximum Gasteiger partial charge on any atom is 0.123 e. The second kappa shape index (κ2) is 5.99. The summed E-state index contributed by atoms with van der Waals surface area (Å²) in [5.41, 5.74) is 0.727. The Kier molecular flexibility index (Phi) is 4.55.